The zero-order valence-electron chi connectivity index (χ0n) is 12.4. The van der Waals surface area contributed by atoms with Gasteiger partial charge in [0.1, 0.15) is 11.3 Å². The van der Waals surface area contributed by atoms with Crippen LogP contribution < -0.4 is 0 Å². The van der Waals surface area contributed by atoms with Crippen LogP contribution >= 0.6 is 0 Å². The van der Waals surface area contributed by atoms with Crippen molar-refractivity contribution in [1.82, 2.24) is 14.8 Å². The number of ether oxygens (including phenoxy) is 1. The zero-order chi connectivity index (χ0) is 17.4. The van der Waals surface area contributed by atoms with Gasteiger partial charge in [0.2, 0.25) is 0 Å². The molecule has 0 spiro atoms. The lowest BCUT2D eigenvalue weighted by atomic mass is 10.2. The van der Waals surface area contributed by atoms with E-state index in [1.54, 1.807) is 0 Å². The van der Waals surface area contributed by atoms with Crippen LogP contribution in [0.3, 0.4) is 0 Å². The summed E-state index contributed by atoms with van der Waals surface area (Å²) < 4.78 is 44.2. The number of nitrogens with zero attached hydrogens (tertiary/aromatic N) is 3. The van der Waals surface area contributed by atoms with Crippen LogP contribution in [0.2, 0.25) is 0 Å². The fourth-order valence-corrected chi connectivity index (χ4v) is 2.04. The molecule has 2 aromatic rings. The minimum Gasteiger partial charge on any atom is -0.465 e. The van der Waals surface area contributed by atoms with Crippen molar-refractivity contribution in [2.45, 2.75) is 20.0 Å². The van der Waals surface area contributed by atoms with E-state index in [4.69, 9.17) is 0 Å². The molecule has 2 heterocycles. The van der Waals surface area contributed by atoms with Gasteiger partial charge in [0.25, 0.3) is 0 Å². The average Bonchev–Trinajstić information content (AvgIpc) is 2.89. The van der Waals surface area contributed by atoms with Crippen LogP contribution in [0.4, 0.5) is 13.2 Å². The van der Waals surface area contributed by atoms with Gasteiger partial charge in [-0.3, -0.25) is 4.79 Å². The summed E-state index contributed by atoms with van der Waals surface area (Å²) >= 11 is 0. The third kappa shape index (κ3) is 3.22. The number of carbonyl (C=O) groups excluding carboxylic acids is 2. The minimum absolute atomic E-state index is 0.0967. The van der Waals surface area contributed by atoms with Crippen LogP contribution in [0, 0.1) is 6.92 Å². The Balaban J connectivity index is 2.68. The van der Waals surface area contributed by atoms with Gasteiger partial charge in [0.05, 0.1) is 18.9 Å². The highest BCUT2D eigenvalue weighted by atomic mass is 19.4. The lowest BCUT2D eigenvalue weighted by Crippen LogP contribution is -2.14. The molecule has 0 bridgehead atoms. The molecule has 0 saturated carbocycles. The predicted molar refractivity (Wildman–Crippen MR) is 72.4 cm³/mol. The van der Waals surface area contributed by atoms with E-state index in [1.807, 2.05) is 0 Å². The van der Waals surface area contributed by atoms with Crippen molar-refractivity contribution in [3.8, 4) is 5.82 Å². The fourth-order valence-electron chi connectivity index (χ4n) is 2.04. The van der Waals surface area contributed by atoms with Crippen molar-refractivity contribution in [2.75, 3.05) is 7.11 Å². The minimum atomic E-state index is -4.57. The number of methoxy groups -OCH3 is 1. The molecule has 0 aliphatic carbocycles. The van der Waals surface area contributed by atoms with Crippen molar-refractivity contribution in [3.05, 3.63) is 40.8 Å². The van der Waals surface area contributed by atoms with Gasteiger partial charge in [-0.1, -0.05) is 0 Å². The lowest BCUT2D eigenvalue weighted by Gasteiger charge is -2.11. The number of esters is 1. The Morgan fingerprint density at radius 1 is 1.26 bits per heavy atom. The van der Waals surface area contributed by atoms with Crippen molar-refractivity contribution >= 4 is 11.8 Å². The van der Waals surface area contributed by atoms with E-state index >= 15 is 0 Å². The van der Waals surface area contributed by atoms with Crippen molar-refractivity contribution < 1.29 is 27.5 Å². The molecule has 23 heavy (non-hydrogen) atoms. The van der Waals surface area contributed by atoms with E-state index < -0.39 is 23.5 Å². The van der Waals surface area contributed by atoms with Gasteiger partial charge < -0.3 is 4.74 Å². The first-order valence-corrected chi connectivity index (χ1v) is 6.38. The molecule has 122 valence electrons. The number of Topliss-reactive ketones (excluding diaryl/α,β-unsaturated/α-hetero) is 1. The quantitative estimate of drug-likeness (QED) is 0.640. The summed E-state index contributed by atoms with van der Waals surface area (Å²) in [6, 6.07) is 1.63. The molecular formula is C14H12F3N3O3. The Bertz CT molecular complexity index is 781. The van der Waals surface area contributed by atoms with Crippen molar-refractivity contribution in [1.29, 1.82) is 0 Å². The first-order valence-electron chi connectivity index (χ1n) is 6.38. The number of ketones is 1. The topological polar surface area (TPSA) is 74.1 Å². The molecule has 6 nitrogen and oxygen atoms in total. The van der Waals surface area contributed by atoms with Gasteiger partial charge in [-0.15, -0.1) is 0 Å². The number of alkyl halides is 3. The summed E-state index contributed by atoms with van der Waals surface area (Å²) in [5, 5.41) is 3.81. The van der Waals surface area contributed by atoms with Crippen LogP contribution in [0.15, 0.2) is 18.3 Å². The van der Waals surface area contributed by atoms with Crippen molar-refractivity contribution in [3.63, 3.8) is 0 Å². The molecule has 9 heteroatoms. The third-order valence-electron chi connectivity index (χ3n) is 2.99. The second kappa shape index (κ2) is 5.82. The Hall–Kier alpha value is -2.71. The number of pyridine rings is 1. The maximum atomic E-state index is 12.9. The summed E-state index contributed by atoms with van der Waals surface area (Å²) in [6.45, 7) is 2.55. The maximum absolute atomic E-state index is 12.9. The van der Waals surface area contributed by atoms with Crippen LogP contribution in [-0.2, 0) is 10.9 Å². The molecule has 0 aromatic carbocycles. The lowest BCUT2D eigenvalue weighted by molar-refractivity contribution is -0.137. The van der Waals surface area contributed by atoms with E-state index in [1.165, 1.54) is 13.8 Å². The Kier molecular flexibility index (Phi) is 4.22. The smallest absolute Gasteiger partial charge is 0.416 e. The highest BCUT2D eigenvalue weighted by Gasteiger charge is 2.32. The highest BCUT2D eigenvalue weighted by molar-refractivity contribution is 6.04. The van der Waals surface area contributed by atoms with Crippen LogP contribution in [0.5, 0.6) is 0 Å². The number of hydrogen-bond acceptors (Lipinski definition) is 5. The van der Waals surface area contributed by atoms with Gasteiger partial charge >= 0.3 is 12.1 Å². The fraction of sp³-hybridized carbons (Fsp3) is 0.286. The molecule has 0 atom stereocenters. The van der Waals surface area contributed by atoms with Gasteiger partial charge in [-0.2, -0.15) is 18.3 Å². The number of halogens is 3. The SMILES string of the molecule is COC(=O)c1cnn(-c2cc(C(F)(F)F)cc(C)n2)c1C(C)=O. The first-order chi connectivity index (χ1) is 10.6. The Morgan fingerprint density at radius 3 is 2.43 bits per heavy atom. The average molecular weight is 327 g/mol. The molecule has 0 aliphatic rings. The standard InChI is InChI=1S/C14H12F3N3O3/c1-7-4-9(14(15,16)17)5-11(19-7)20-12(8(2)21)10(6-18-20)13(22)23-3/h4-6H,1-3H3. The Morgan fingerprint density at radius 2 is 1.91 bits per heavy atom. The second-order valence-corrected chi connectivity index (χ2v) is 4.72. The molecule has 0 N–H and O–H groups in total. The van der Waals surface area contributed by atoms with E-state index in [0.29, 0.717) is 0 Å². The third-order valence-corrected chi connectivity index (χ3v) is 2.99. The normalized spacial score (nSPS) is 11.4. The first kappa shape index (κ1) is 16.7. The van der Waals surface area contributed by atoms with E-state index in [9.17, 15) is 22.8 Å². The molecule has 2 rings (SSSR count). The summed E-state index contributed by atoms with van der Waals surface area (Å²) in [5.41, 5.74) is -1.16. The van der Waals surface area contributed by atoms with E-state index in [-0.39, 0.29) is 22.8 Å². The molecule has 0 saturated heterocycles. The summed E-state index contributed by atoms with van der Waals surface area (Å²) in [6.07, 6.45) is -3.52. The molecule has 0 unspecified atom stereocenters. The summed E-state index contributed by atoms with van der Waals surface area (Å²) in [4.78, 5) is 27.4. The van der Waals surface area contributed by atoms with Crippen LogP contribution in [0.25, 0.3) is 5.82 Å². The molecule has 0 fully saturated rings. The number of aromatic nitrogens is 3. The molecular weight excluding hydrogens is 315 g/mol. The van der Waals surface area contributed by atoms with Gasteiger partial charge in [0.15, 0.2) is 11.6 Å². The number of carbonyl (C=O) groups is 2. The van der Waals surface area contributed by atoms with Gasteiger partial charge in [-0.25, -0.2) is 14.5 Å². The van der Waals surface area contributed by atoms with Crippen LogP contribution in [-0.4, -0.2) is 33.6 Å². The number of aryl methyl sites for hydroxylation is 1. The largest absolute Gasteiger partial charge is 0.465 e. The number of rotatable bonds is 3. The molecule has 0 amide bonds. The molecule has 2 aromatic heterocycles. The zero-order valence-corrected chi connectivity index (χ0v) is 12.4. The molecule has 0 aliphatic heterocycles. The monoisotopic (exact) mass is 327 g/mol. The van der Waals surface area contributed by atoms with Crippen molar-refractivity contribution in [2.24, 2.45) is 0 Å². The molecule has 0 radical (unpaired) electrons. The van der Waals surface area contributed by atoms with Gasteiger partial charge in [-0.05, 0) is 19.1 Å². The van der Waals surface area contributed by atoms with Gasteiger partial charge in [0, 0.05) is 12.6 Å². The van der Waals surface area contributed by atoms with E-state index in [0.717, 1.165) is 30.1 Å². The Labute approximate surface area is 128 Å². The second-order valence-electron chi connectivity index (χ2n) is 4.72. The maximum Gasteiger partial charge on any atom is 0.416 e. The highest BCUT2D eigenvalue weighted by Crippen LogP contribution is 2.30. The summed E-state index contributed by atoms with van der Waals surface area (Å²) in [5.74, 6) is -1.58. The van der Waals surface area contributed by atoms with Crippen LogP contribution in [0.1, 0.15) is 39.0 Å². The van der Waals surface area contributed by atoms with E-state index in [2.05, 4.69) is 14.8 Å². The summed E-state index contributed by atoms with van der Waals surface area (Å²) in [7, 11) is 1.12. The predicted octanol–water partition coefficient (Wildman–Crippen LogP) is 2.58. The number of hydrogen-bond donors (Lipinski definition) is 0.